The van der Waals surface area contributed by atoms with Gasteiger partial charge in [0, 0.05) is 23.9 Å². The van der Waals surface area contributed by atoms with E-state index in [2.05, 4.69) is 20.2 Å². The number of aromatic nitrogens is 1. The van der Waals surface area contributed by atoms with Crippen molar-refractivity contribution in [3.63, 3.8) is 0 Å². The Kier molecular flexibility index (Phi) is 6.11. The monoisotopic (exact) mass is 465 g/mol. The van der Waals surface area contributed by atoms with Gasteiger partial charge in [0.15, 0.2) is 16.8 Å². The van der Waals surface area contributed by atoms with Crippen LogP contribution in [0.25, 0.3) is 10.9 Å². The van der Waals surface area contributed by atoms with Crippen molar-refractivity contribution in [2.24, 2.45) is 10.7 Å². The SMILES string of the molecule is CNC(N)=NC(=O)c1cc2c(C(F)(F)F)ccc(Oc3ccc(CN4CCCC4)s3)c2[nH]1. The molecule has 32 heavy (non-hydrogen) atoms. The van der Waals surface area contributed by atoms with Crippen molar-refractivity contribution in [2.45, 2.75) is 25.6 Å². The van der Waals surface area contributed by atoms with Gasteiger partial charge in [-0.05, 0) is 56.3 Å². The number of amides is 1. The molecule has 4 rings (SSSR count). The van der Waals surface area contributed by atoms with E-state index in [0.717, 1.165) is 36.6 Å². The zero-order chi connectivity index (χ0) is 22.9. The number of fused-ring (bicyclic) bond motifs is 1. The number of nitrogens with zero attached hydrogens (tertiary/aromatic N) is 2. The topological polar surface area (TPSA) is 95.7 Å². The van der Waals surface area contributed by atoms with Crippen molar-refractivity contribution < 1.29 is 22.7 Å². The molecule has 3 aromatic rings. The van der Waals surface area contributed by atoms with E-state index in [1.165, 1.54) is 37.3 Å². The molecule has 11 heteroatoms. The molecule has 4 N–H and O–H groups in total. The van der Waals surface area contributed by atoms with Crippen LogP contribution in [-0.4, -0.2) is 41.9 Å². The van der Waals surface area contributed by atoms with Crippen LogP contribution in [0.3, 0.4) is 0 Å². The van der Waals surface area contributed by atoms with Gasteiger partial charge in [-0.2, -0.15) is 18.2 Å². The second-order valence-corrected chi connectivity index (χ2v) is 8.57. The molecule has 7 nitrogen and oxygen atoms in total. The van der Waals surface area contributed by atoms with Gasteiger partial charge in [-0.3, -0.25) is 9.69 Å². The normalized spacial score (nSPS) is 15.4. The molecule has 2 aromatic heterocycles. The van der Waals surface area contributed by atoms with E-state index in [9.17, 15) is 18.0 Å². The Hall–Kier alpha value is -3.05. The van der Waals surface area contributed by atoms with Gasteiger partial charge < -0.3 is 20.8 Å². The Bertz CT molecular complexity index is 1160. The van der Waals surface area contributed by atoms with Crippen LogP contribution in [0.4, 0.5) is 13.2 Å². The first kappa shape index (κ1) is 22.2. The number of aliphatic imine (C=N–C) groups is 1. The molecule has 0 spiro atoms. The van der Waals surface area contributed by atoms with Gasteiger partial charge in [-0.15, -0.1) is 11.3 Å². The lowest BCUT2D eigenvalue weighted by atomic mass is 10.1. The van der Waals surface area contributed by atoms with E-state index < -0.39 is 17.6 Å². The number of carbonyl (C=O) groups is 1. The Morgan fingerprint density at radius 3 is 2.72 bits per heavy atom. The van der Waals surface area contributed by atoms with Gasteiger partial charge in [0.2, 0.25) is 0 Å². The standard InChI is InChI=1S/C21H22F3N5O2S/c1-26-20(25)28-19(30)15-10-13-14(21(22,23)24)5-6-16(18(13)27-15)31-17-7-4-12(32-17)11-29-8-2-3-9-29/h4-7,10,27H,2-3,8-9,11H2,1H3,(H3,25,26,28,30). The summed E-state index contributed by atoms with van der Waals surface area (Å²) in [6, 6.07) is 7.07. The molecular formula is C21H22F3N5O2S. The number of rotatable bonds is 5. The molecule has 0 radical (unpaired) electrons. The van der Waals surface area contributed by atoms with Gasteiger partial charge in [0.1, 0.15) is 5.69 Å². The predicted octanol–water partition coefficient (Wildman–Crippen LogP) is 4.31. The molecule has 0 bridgehead atoms. The van der Waals surface area contributed by atoms with Crippen LogP contribution in [0.1, 0.15) is 33.8 Å². The molecule has 3 heterocycles. The van der Waals surface area contributed by atoms with Crippen LogP contribution in [0.2, 0.25) is 0 Å². The summed E-state index contributed by atoms with van der Waals surface area (Å²) in [4.78, 5) is 22.1. The van der Waals surface area contributed by atoms with Gasteiger partial charge in [-0.25, -0.2) is 0 Å². The van der Waals surface area contributed by atoms with Crippen molar-refractivity contribution in [2.75, 3.05) is 20.1 Å². The number of benzene rings is 1. The third-order valence-electron chi connectivity index (χ3n) is 5.20. The van der Waals surface area contributed by atoms with Crippen LogP contribution >= 0.6 is 11.3 Å². The fraction of sp³-hybridized carbons (Fsp3) is 0.333. The zero-order valence-corrected chi connectivity index (χ0v) is 18.1. The highest BCUT2D eigenvalue weighted by Gasteiger charge is 2.34. The number of hydrogen-bond acceptors (Lipinski definition) is 4. The minimum atomic E-state index is -4.60. The maximum absolute atomic E-state index is 13.5. The van der Waals surface area contributed by atoms with Gasteiger partial charge in [0.25, 0.3) is 5.91 Å². The Labute approximate surface area is 186 Å². The number of H-pyrrole nitrogens is 1. The Balaban J connectivity index is 1.67. The number of nitrogens with two attached hydrogens (primary N) is 1. The third kappa shape index (κ3) is 4.73. The quantitative estimate of drug-likeness (QED) is 0.386. The average molecular weight is 466 g/mol. The fourth-order valence-corrected chi connectivity index (χ4v) is 4.54. The number of halogens is 3. The molecule has 170 valence electrons. The number of thiophene rings is 1. The van der Waals surface area contributed by atoms with Gasteiger partial charge in [-0.1, -0.05) is 0 Å². The largest absolute Gasteiger partial charge is 0.444 e. The number of hydrogen-bond donors (Lipinski definition) is 3. The molecule has 0 saturated carbocycles. The van der Waals surface area contributed by atoms with Crippen molar-refractivity contribution in [3.8, 4) is 10.8 Å². The minimum Gasteiger partial charge on any atom is -0.444 e. The van der Waals surface area contributed by atoms with E-state index in [1.54, 1.807) is 6.07 Å². The third-order valence-corrected chi connectivity index (χ3v) is 6.14. The smallest absolute Gasteiger partial charge is 0.417 e. The van der Waals surface area contributed by atoms with E-state index in [0.29, 0.717) is 5.06 Å². The number of aromatic amines is 1. The second-order valence-electron chi connectivity index (χ2n) is 7.44. The molecule has 0 atom stereocenters. The van der Waals surface area contributed by atoms with Crippen LogP contribution in [0.15, 0.2) is 35.3 Å². The van der Waals surface area contributed by atoms with E-state index in [1.807, 2.05) is 6.07 Å². The number of likely N-dealkylation sites (tertiary alicyclic amines) is 1. The average Bonchev–Trinajstić information content (AvgIpc) is 3.48. The van der Waals surface area contributed by atoms with Crippen LogP contribution < -0.4 is 15.8 Å². The molecule has 1 aliphatic heterocycles. The van der Waals surface area contributed by atoms with Crippen molar-refractivity contribution in [1.29, 1.82) is 0 Å². The summed E-state index contributed by atoms with van der Waals surface area (Å²) in [5.74, 6) is -0.756. The molecule has 0 aliphatic carbocycles. The molecular weight excluding hydrogens is 443 g/mol. The number of carbonyl (C=O) groups excluding carboxylic acids is 1. The molecule has 1 aliphatic rings. The molecule has 1 fully saturated rings. The highest BCUT2D eigenvalue weighted by molar-refractivity contribution is 7.13. The maximum Gasteiger partial charge on any atom is 0.417 e. The van der Waals surface area contributed by atoms with Crippen LogP contribution in [0.5, 0.6) is 10.8 Å². The van der Waals surface area contributed by atoms with Gasteiger partial charge in [0.05, 0.1) is 11.1 Å². The second kappa shape index (κ2) is 8.83. The first-order valence-electron chi connectivity index (χ1n) is 10.0. The van der Waals surface area contributed by atoms with Crippen molar-refractivity contribution >= 4 is 34.1 Å². The summed E-state index contributed by atoms with van der Waals surface area (Å²) < 4.78 is 46.6. The Morgan fingerprint density at radius 1 is 1.28 bits per heavy atom. The maximum atomic E-state index is 13.5. The highest BCUT2D eigenvalue weighted by atomic mass is 32.1. The summed E-state index contributed by atoms with van der Waals surface area (Å²) in [5, 5.41) is 2.87. The summed E-state index contributed by atoms with van der Waals surface area (Å²) in [6.45, 7) is 2.95. The summed E-state index contributed by atoms with van der Waals surface area (Å²) in [7, 11) is 1.48. The minimum absolute atomic E-state index is 0.0656. The van der Waals surface area contributed by atoms with E-state index in [-0.39, 0.29) is 28.3 Å². The van der Waals surface area contributed by atoms with E-state index in [4.69, 9.17) is 10.5 Å². The zero-order valence-electron chi connectivity index (χ0n) is 17.3. The molecule has 1 saturated heterocycles. The fourth-order valence-electron chi connectivity index (χ4n) is 3.63. The first-order valence-corrected chi connectivity index (χ1v) is 10.8. The lowest BCUT2D eigenvalue weighted by Gasteiger charge is -2.12. The molecule has 1 aromatic carbocycles. The number of guanidine groups is 1. The van der Waals surface area contributed by atoms with Crippen LogP contribution in [0, 0.1) is 0 Å². The number of nitrogens with one attached hydrogen (secondary N) is 2. The predicted molar refractivity (Wildman–Crippen MR) is 117 cm³/mol. The summed E-state index contributed by atoms with van der Waals surface area (Å²) in [5.41, 5.74) is 4.56. The lowest BCUT2D eigenvalue weighted by molar-refractivity contribution is -0.136. The summed E-state index contributed by atoms with van der Waals surface area (Å²) in [6.07, 6.45) is -2.22. The highest BCUT2D eigenvalue weighted by Crippen LogP contribution is 2.41. The summed E-state index contributed by atoms with van der Waals surface area (Å²) >= 11 is 1.44. The number of ether oxygens (including phenoxy) is 1. The molecule has 1 amide bonds. The van der Waals surface area contributed by atoms with Crippen molar-refractivity contribution in [3.05, 3.63) is 46.5 Å². The first-order chi connectivity index (χ1) is 15.2. The Morgan fingerprint density at radius 2 is 2.03 bits per heavy atom. The van der Waals surface area contributed by atoms with E-state index >= 15 is 0 Å². The van der Waals surface area contributed by atoms with Crippen LogP contribution in [-0.2, 0) is 12.7 Å². The van der Waals surface area contributed by atoms with Gasteiger partial charge >= 0.3 is 6.18 Å². The lowest BCUT2D eigenvalue weighted by Crippen LogP contribution is -2.28. The van der Waals surface area contributed by atoms with Crippen molar-refractivity contribution in [1.82, 2.24) is 15.2 Å². The molecule has 0 unspecified atom stereocenters. The number of alkyl halides is 3.